The minimum atomic E-state index is 0.472. The van der Waals surface area contributed by atoms with Gasteiger partial charge in [-0.2, -0.15) is 4.58 Å². The molecule has 0 radical (unpaired) electrons. The molecule has 0 aliphatic carbocycles. The van der Waals surface area contributed by atoms with E-state index in [9.17, 15) is 0 Å². The first-order valence-electron chi connectivity index (χ1n) is 6.09. The van der Waals surface area contributed by atoms with Crippen molar-refractivity contribution in [3.05, 3.63) is 65.0 Å². The Kier molecular flexibility index (Phi) is 2.77. The Hall–Kier alpha value is -2.60. The largest absolute Gasteiger partial charge is 0.435 e. The van der Waals surface area contributed by atoms with Crippen molar-refractivity contribution in [1.29, 1.82) is 0 Å². The smallest absolute Gasteiger partial charge is 0.292 e. The fraction of sp³-hybridized carbons (Fsp3) is 0.125. The number of hydrogen-bond acceptors (Lipinski definition) is 1. The lowest BCUT2D eigenvalue weighted by molar-refractivity contribution is -0.476. The molecular weight excluding hydrogens is 236 g/mol. The zero-order valence-electron chi connectivity index (χ0n) is 10.6. The minimum Gasteiger partial charge on any atom is -0.435 e. The molecule has 19 heavy (non-hydrogen) atoms. The van der Waals surface area contributed by atoms with Crippen LogP contribution in [0.4, 0.5) is 11.4 Å². The second kappa shape index (κ2) is 4.58. The number of benzene rings is 2. The van der Waals surface area contributed by atoms with Crippen LogP contribution in [0.1, 0.15) is 11.1 Å². The molecule has 3 rings (SSSR count). The monoisotopic (exact) mass is 249 g/mol. The van der Waals surface area contributed by atoms with Gasteiger partial charge < -0.3 is 4.74 Å². The first-order chi connectivity index (χ1) is 9.28. The number of aryl methyl sites for hydroxylation is 1. The average Bonchev–Trinajstić information content (AvgIpc) is 2.47. The van der Waals surface area contributed by atoms with Crippen LogP contribution in [0.2, 0.25) is 0 Å². The SMILES string of the molecule is [C-]#[N+]c1cccc([N+]2=Cc3cccc(C)c3OC2)c1. The van der Waals surface area contributed by atoms with Crippen molar-refractivity contribution in [1.82, 2.24) is 0 Å². The first-order valence-corrected chi connectivity index (χ1v) is 6.09. The highest BCUT2D eigenvalue weighted by Gasteiger charge is 2.20. The number of hydrogen-bond donors (Lipinski definition) is 0. The van der Waals surface area contributed by atoms with Crippen LogP contribution < -0.4 is 4.74 Å². The fourth-order valence-electron chi connectivity index (χ4n) is 2.20. The summed E-state index contributed by atoms with van der Waals surface area (Å²) in [5.41, 5.74) is 3.82. The number of rotatable bonds is 1. The molecule has 0 saturated heterocycles. The van der Waals surface area contributed by atoms with E-state index in [1.54, 1.807) is 6.07 Å². The van der Waals surface area contributed by atoms with Crippen LogP contribution >= 0.6 is 0 Å². The molecule has 3 heteroatoms. The summed E-state index contributed by atoms with van der Waals surface area (Å²) >= 11 is 0. The molecule has 0 aromatic heterocycles. The van der Waals surface area contributed by atoms with Gasteiger partial charge in [0, 0.05) is 12.1 Å². The van der Waals surface area contributed by atoms with Gasteiger partial charge in [-0.1, -0.05) is 24.3 Å². The van der Waals surface area contributed by atoms with E-state index in [0.717, 1.165) is 22.6 Å². The average molecular weight is 249 g/mol. The number of fused-ring (bicyclic) bond motifs is 1. The topological polar surface area (TPSA) is 16.6 Å². The van der Waals surface area contributed by atoms with E-state index in [0.29, 0.717) is 12.4 Å². The van der Waals surface area contributed by atoms with Crippen LogP contribution in [-0.4, -0.2) is 17.5 Å². The van der Waals surface area contributed by atoms with Crippen molar-refractivity contribution < 1.29 is 9.31 Å². The molecule has 1 heterocycles. The van der Waals surface area contributed by atoms with Crippen LogP contribution in [0.25, 0.3) is 4.85 Å². The molecule has 0 amide bonds. The van der Waals surface area contributed by atoms with Crippen LogP contribution in [0.15, 0.2) is 42.5 Å². The van der Waals surface area contributed by atoms with E-state index < -0.39 is 0 Å². The first kappa shape index (κ1) is 11.5. The number of para-hydroxylation sites is 1. The Balaban J connectivity index is 2.06. The van der Waals surface area contributed by atoms with Crippen LogP contribution in [0, 0.1) is 13.5 Å². The molecule has 0 atom stereocenters. The van der Waals surface area contributed by atoms with Crippen molar-refractivity contribution >= 4 is 17.6 Å². The lowest BCUT2D eigenvalue weighted by Gasteiger charge is -2.15. The van der Waals surface area contributed by atoms with Gasteiger partial charge in [0.25, 0.3) is 6.73 Å². The molecule has 0 bridgehead atoms. The summed E-state index contributed by atoms with van der Waals surface area (Å²) in [5, 5.41) is 0. The third kappa shape index (κ3) is 2.09. The summed E-state index contributed by atoms with van der Waals surface area (Å²) in [5.74, 6) is 0.945. The van der Waals surface area contributed by atoms with Gasteiger partial charge in [0.1, 0.15) is 5.75 Å². The third-order valence-corrected chi connectivity index (χ3v) is 3.18. The summed E-state index contributed by atoms with van der Waals surface area (Å²) < 4.78 is 7.82. The highest BCUT2D eigenvalue weighted by atomic mass is 16.5. The number of ether oxygens (including phenoxy) is 1. The Labute approximate surface area is 112 Å². The van der Waals surface area contributed by atoms with Gasteiger partial charge in [0.15, 0.2) is 17.6 Å². The maximum atomic E-state index is 7.06. The Bertz CT molecular complexity index is 711. The molecule has 0 spiro atoms. The van der Waals surface area contributed by atoms with Crippen molar-refractivity contribution in [2.75, 3.05) is 6.73 Å². The zero-order chi connectivity index (χ0) is 13.2. The van der Waals surface area contributed by atoms with Crippen LogP contribution in [-0.2, 0) is 0 Å². The summed E-state index contributed by atoms with van der Waals surface area (Å²) in [6.07, 6.45) is 2.06. The lowest BCUT2D eigenvalue weighted by Crippen LogP contribution is -2.21. The summed E-state index contributed by atoms with van der Waals surface area (Å²) in [6.45, 7) is 9.58. The number of nitrogens with zero attached hydrogens (tertiary/aromatic N) is 2. The Morgan fingerprint density at radius 1 is 1.21 bits per heavy atom. The minimum absolute atomic E-state index is 0.472. The second-order valence-corrected chi connectivity index (χ2v) is 4.50. The lowest BCUT2D eigenvalue weighted by atomic mass is 10.1. The Morgan fingerprint density at radius 3 is 2.89 bits per heavy atom. The molecule has 1 aliphatic heterocycles. The molecule has 0 N–H and O–H groups in total. The second-order valence-electron chi connectivity index (χ2n) is 4.50. The standard InChI is InChI=1S/C16H13N2O/c1-12-5-3-6-13-10-18(11-19-16(12)13)15-8-4-7-14(9-15)17-2/h3-10H,11H2,1H3/q+1. The molecular formula is C16H13N2O+. The van der Waals surface area contributed by atoms with Crippen LogP contribution in [0.5, 0.6) is 5.75 Å². The molecule has 0 fully saturated rings. The molecule has 3 nitrogen and oxygen atoms in total. The molecule has 2 aromatic rings. The highest BCUT2D eigenvalue weighted by molar-refractivity contribution is 5.82. The van der Waals surface area contributed by atoms with Gasteiger partial charge >= 0.3 is 0 Å². The maximum Gasteiger partial charge on any atom is 0.292 e. The predicted octanol–water partition coefficient (Wildman–Crippen LogP) is 3.66. The zero-order valence-corrected chi connectivity index (χ0v) is 10.6. The van der Waals surface area contributed by atoms with Crippen molar-refractivity contribution in [3.63, 3.8) is 0 Å². The van der Waals surface area contributed by atoms with E-state index >= 15 is 0 Å². The van der Waals surface area contributed by atoms with Crippen molar-refractivity contribution in [2.45, 2.75) is 6.92 Å². The molecule has 92 valence electrons. The molecule has 2 aromatic carbocycles. The van der Waals surface area contributed by atoms with E-state index in [1.165, 1.54) is 0 Å². The van der Waals surface area contributed by atoms with Crippen molar-refractivity contribution in [3.8, 4) is 5.75 Å². The molecule has 0 saturated carbocycles. The summed E-state index contributed by atoms with van der Waals surface area (Å²) in [7, 11) is 0. The highest BCUT2D eigenvalue weighted by Crippen LogP contribution is 2.27. The van der Waals surface area contributed by atoms with Gasteiger partial charge in [-0.15, -0.1) is 0 Å². The third-order valence-electron chi connectivity index (χ3n) is 3.18. The van der Waals surface area contributed by atoms with Gasteiger partial charge in [-0.3, -0.25) is 0 Å². The fourth-order valence-corrected chi connectivity index (χ4v) is 2.20. The molecule has 0 unspecified atom stereocenters. The van der Waals surface area contributed by atoms with Crippen molar-refractivity contribution in [2.24, 2.45) is 0 Å². The summed E-state index contributed by atoms with van der Waals surface area (Å²) in [4.78, 5) is 3.45. The van der Waals surface area contributed by atoms with Gasteiger partial charge in [0.2, 0.25) is 0 Å². The Morgan fingerprint density at radius 2 is 2.05 bits per heavy atom. The van der Waals surface area contributed by atoms with Crippen LogP contribution in [0.3, 0.4) is 0 Å². The normalized spacial score (nSPS) is 12.9. The maximum absolute atomic E-state index is 7.06. The van der Waals surface area contributed by atoms with Gasteiger partial charge in [-0.05, 0) is 18.6 Å². The predicted molar refractivity (Wildman–Crippen MR) is 74.5 cm³/mol. The van der Waals surface area contributed by atoms with E-state index in [4.69, 9.17) is 11.3 Å². The van der Waals surface area contributed by atoms with E-state index in [-0.39, 0.29) is 0 Å². The van der Waals surface area contributed by atoms with E-state index in [2.05, 4.69) is 11.1 Å². The summed E-state index contributed by atoms with van der Waals surface area (Å²) in [6, 6.07) is 13.6. The quantitative estimate of drug-likeness (QED) is 0.556. The van der Waals surface area contributed by atoms with Gasteiger partial charge in [-0.25, -0.2) is 4.85 Å². The van der Waals surface area contributed by atoms with E-state index in [1.807, 2.05) is 47.9 Å². The van der Waals surface area contributed by atoms with Gasteiger partial charge in [0.05, 0.1) is 12.1 Å². The molecule has 1 aliphatic rings.